The van der Waals surface area contributed by atoms with E-state index in [0.29, 0.717) is 11.0 Å². The Balaban J connectivity index is 1.63. The van der Waals surface area contributed by atoms with Crippen molar-refractivity contribution in [2.24, 2.45) is 0 Å². The first-order chi connectivity index (χ1) is 12.0. The van der Waals surface area contributed by atoms with Crippen LogP contribution in [-0.2, 0) is 4.79 Å². The predicted octanol–water partition coefficient (Wildman–Crippen LogP) is 2.06. The second-order valence-electron chi connectivity index (χ2n) is 4.88. The van der Waals surface area contributed by atoms with E-state index in [9.17, 15) is 13.6 Å². The molecular formula is C15H12F2N6OS. The first-order valence-corrected chi connectivity index (χ1v) is 8.02. The quantitative estimate of drug-likeness (QED) is 0.532. The Hall–Kier alpha value is -3.01. The number of hydrogen-bond acceptors (Lipinski definition) is 6. The van der Waals surface area contributed by atoms with E-state index in [1.54, 1.807) is 24.5 Å². The average molecular weight is 362 g/mol. The summed E-state index contributed by atoms with van der Waals surface area (Å²) in [6.07, 6.45) is 3.21. The van der Waals surface area contributed by atoms with Crippen LogP contribution >= 0.6 is 11.8 Å². The molecule has 2 heterocycles. The molecule has 0 aliphatic carbocycles. The van der Waals surface area contributed by atoms with Gasteiger partial charge in [-0.25, -0.2) is 13.5 Å². The van der Waals surface area contributed by atoms with Gasteiger partial charge in [-0.05, 0) is 24.3 Å². The summed E-state index contributed by atoms with van der Waals surface area (Å²) >= 11 is 1.07. The van der Waals surface area contributed by atoms with Gasteiger partial charge in [-0.3, -0.25) is 9.78 Å². The number of carbonyl (C=O) groups excluding carboxylic acids is 1. The number of benzene rings is 1. The van der Waals surface area contributed by atoms with Gasteiger partial charge in [0.1, 0.15) is 0 Å². The Morgan fingerprint density at radius 3 is 2.64 bits per heavy atom. The zero-order valence-corrected chi connectivity index (χ0v) is 13.5. The van der Waals surface area contributed by atoms with Crippen LogP contribution in [0.4, 0.5) is 14.5 Å². The van der Waals surface area contributed by atoms with Crippen molar-refractivity contribution < 1.29 is 13.6 Å². The minimum absolute atomic E-state index is 0.0231. The zero-order valence-electron chi connectivity index (χ0n) is 12.7. The molecule has 2 aromatic heterocycles. The van der Waals surface area contributed by atoms with Crippen LogP contribution in [0.15, 0.2) is 47.9 Å². The first kappa shape index (κ1) is 16.8. The summed E-state index contributed by atoms with van der Waals surface area (Å²) in [5.41, 5.74) is 0.902. The zero-order chi connectivity index (χ0) is 17.8. The molecule has 25 heavy (non-hydrogen) atoms. The molecule has 128 valence electrons. The molecule has 1 aromatic carbocycles. The van der Waals surface area contributed by atoms with Crippen LogP contribution in [0.3, 0.4) is 0 Å². The molecule has 3 N–H and O–H groups in total. The van der Waals surface area contributed by atoms with E-state index in [2.05, 4.69) is 20.5 Å². The molecular weight excluding hydrogens is 350 g/mol. The second-order valence-corrected chi connectivity index (χ2v) is 5.82. The van der Waals surface area contributed by atoms with Crippen molar-refractivity contribution in [2.75, 3.05) is 16.9 Å². The summed E-state index contributed by atoms with van der Waals surface area (Å²) in [7, 11) is 0. The Bertz CT molecular complexity index is 902. The monoisotopic (exact) mass is 362 g/mol. The third kappa shape index (κ3) is 3.91. The van der Waals surface area contributed by atoms with Crippen molar-refractivity contribution in [3.63, 3.8) is 0 Å². The highest BCUT2D eigenvalue weighted by Crippen LogP contribution is 2.21. The minimum atomic E-state index is -1.03. The lowest BCUT2D eigenvalue weighted by Gasteiger charge is -2.06. The Labute approximate surface area is 145 Å². The van der Waals surface area contributed by atoms with Gasteiger partial charge in [0.05, 0.1) is 5.75 Å². The van der Waals surface area contributed by atoms with Crippen molar-refractivity contribution >= 4 is 23.4 Å². The number of nitrogens with one attached hydrogen (secondary N) is 1. The van der Waals surface area contributed by atoms with Gasteiger partial charge >= 0.3 is 0 Å². The topological polar surface area (TPSA) is 98.7 Å². The number of hydrogen-bond donors (Lipinski definition) is 2. The van der Waals surface area contributed by atoms with Gasteiger partial charge in [-0.15, -0.1) is 10.2 Å². The van der Waals surface area contributed by atoms with E-state index in [-0.39, 0.29) is 11.4 Å². The number of thioether (sulfide) groups is 1. The maximum Gasteiger partial charge on any atom is 0.234 e. The van der Waals surface area contributed by atoms with E-state index in [0.717, 1.165) is 29.5 Å². The third-order valence-corrected chi connectivity index (χ3v) is 4.08. The summed E-state index contributed by atoms with van der Waals surface area (Å²) in [6, 6.07) is 6.59. The van der Waals surface area contributed by atoms with E-state index in [1.807, 2.05) is 0 Å². The van der Waals surface area contributed by atoms with E-state index < -0.39 is 17.5 Å². The summed E-state index contributed by atoms with van der Waals surface area (Å²) < 4.78 is 27.3. The number of nitrogen functional groups attached to an aromatic ring is 1. The Morgan fingerprint density at radius 2 is 1.92 bits per heavy atom. The largest absolute Gasteiger partial charge is 0.335 e. The highest BCUT2D eigenvalue weighted by Gasteiger charge is 2.14. The fourth-order valence-electron chi connectivity index (χ4n) is 1.97. The number of nitrogens with zero attached hydrogens (tertiary/aromatic N) is 4. The molecule has 1 amide bonds. The number of nitrogens with two attached hydrogens (primary N) is 1. The van der Waals surface area contributed by atoms with Crippen LogP contribution in [-0.4, -0.2) is 31.5 Å². The van der Waals surface area contributed by atoms with Crippen molar-refractivity contribution in [3.8, 4) is 11.4 Å². The standard InChI is InChI=1S/C15H12F2N6OS/c16-11-2-1-10(7-12(11)17)20-13(24)8-25-15-22-21-14(23(15)18)9-3-5-19-6-4-9/h1-7H,8,18H2,(H,20,24). The van der Waals surface area contributed by atoms with E-state index >= 15 is 0 Å². The average Bonchev–Trinajstić information content (AvgIpc) is 2.98. The number of aromatic nitrogens is 4. The summed E-state index contributed by atoms with van der Waals surface area (Å²) in [4.78, 5) is 15.8. The fraction of sp³-hybridized carbons (Fsp3) is 0.0667. The van der Waals surface area contributed by atoms with Gasteiger partial charge < -0.3 is 11.2 Å². The number of pyridine rings is 1. The molecule has 0 fully saturated rings. The van der Waals surface area contributed by atoms with Crippen molar-refractivity contribution in [3.05, 3.63) is 54.4 Å². The number of carbonyl (C=O) groups is 1. The van der Waals surface area contributed by atoms with Crippen LogP contribution in [0.1, 0.15) is 0 Å². The summed E-state index contributed by atoms with van der Waals surface area (Å²) in [5.74, 6) is 3.93. The maximum absolute atomic E-state index is 13.1. The van der Waals surface area contributed by atoms with Crippen molar-refractivity contribution in [1.29, 1.82) is 0 Å². The van der Waals surface area contributed by atoms with Crippen LogP contribution in [0, 0.1) is 11.6 Å². The number of rotatable bonds is 5. The molecule has 3 aromatic rings. The normalized spacial score (nSPS) is 10.6. The van der Waals surface area contributed by atoms with Crippen LogP contribution < -0.4 is 11.2 Å². The van der Waals surface area contributed by atoms with Gasteiger partial charge in [0, 0.05) is 29.7 Å². The number of amides is 1. The molecule has 0 aliphatic heterocycles. The smallest absolute Gasteiger partial charge is 0.234 e. The lowest BCUT2D eigenvalue weighted by molar-refractivity contribution is -0.113. The summed E-state index contributed by atoms with van der Waals surface area (Å²) in [6.45, 7) is 0. The minimum Gasteiger partial charge on any atom is -0.335 e. The predicted molar refractivity (Wildman–Crippen MR) is 89.1 cm³/mol. The molecule has 0 radical (unpaired) electrons. The van der Waals surface area contributed by atoms with Crippen LogP contribution in [0.5, 0.6) is 0 Å². The van der Waals surface area contributed by atoms with E-state index in [1.165, 1.54) is 10.7 Å². The van der Waals surface area contributed by atoms with Crippen LogP contribution in [0.2, 0.25) is 0 Å². The lowest BCUT2D eigenvalue weighted by atomic mass is 10.2. The van der Waals surface area contributed by atoms with Gasteiger partial charge in [-0.2, -0.15) is 0 Å². The maximum atomic E-state index is 13.1. The first-order valence-electron chi connectivity index (χ1n) is 7.03. The second kappa shape index (κ2) is 7.26. The van der Waals surface area contributed by atoms with Gasteiger partial charge in [0.2, 0.25) is 11.1 Å². The molecule has 0 saturated heterocycles. The molecule has 0 saturated carbocycles. The molecule has 0 bridgehead atoms. The Kier molecular flexibility index (Phi) is 4.89. The van der Waals surface area contributed by atoms with Gasteiger partial charge in [0.25, 0.3) is 0 Å². The van der Waals surface area contributed by atoms with Crippen LogP contribution in [0.25, 0.3) is 11.4 Å². The molecule has 0 spiro atoms. The lowest BCUT2D eigenvalue weighted by Crippen LogP contribution is -2.16. The summed E-state index contributed by atoms with van der Waals surface area (Å²) in [5, 5.41) is 10.7. The highest BCUT2D eigenvalue weighted by molar-refractivity contribution is 7.99. The molecule has 0 aliphatic rings. The number of anilines is 1. The Morgan fingerprint density at radius 1 is 1.16 bits per heavy atom. The molecule has 7 nitrogen and oxygen atoms in total. The highest BCUT2D eigenvalue weighted by atomic mass is 32.2. The third-order valence-electron chi connectivity index (χ3n) is 3.14. The molecule has 3 rings (SSSR count). The molecule has 0 atom stereocenters. The SMILES string of the molecule is Nn1c(SCC(=O)Nc2ccc(F)c(F)c2)nnc1-c1ccncc1. The number of halogens is 2. The van der Waals surface area contributed by atoms with E-state index in [4.69, 9.17) is 5.84 Å². The van der Waals surface area contributed by atoms with Gasteiger partial charge in [-0.1, -0.05) is 11.8 Å². The van der Waals surface area contributed by atoms with Gasteiger partial charge in [0.15, 0.2) is 17.5 Å². The van der Waals surface area contributed by atoms with Crippen molar-refractivity contribution in [1.82, 2.24) is 19.9 Å². The van der Waals surface area contributed by atoms with Crippen molar-refractivity contribution in [2.45, 2.75) is 5.16 Å². The fourth-order valence-corrected chi connectivity index (χ4v) is 2.63. The molecule has 10 heteroatoms. The molecule has 0 unspecified atom stereocenters.